The van der Waals surface area contributed by atoms with E-state index >= 15 is 0 Å². The molecule has 5 nitrogen and oxygen atoms in total. The molecule has 1 N–H and O–H groups in total. The fraction of sp³-hybridized carbons (Fsp3) is 0.571. The second-order valence-electron chi connectivity index (χ2n) is 5.15. The zero-order valence-corrected chi connectivity index (χ0v) is 12.5. The molecule has 2 atom stereocenters. The van der Waals surface area contributed by atoms with Crippen LogP contribution in [-0.2, 0) is 10.1 Å². The predicted molar refractivity (Wildman–Crippen MR) is 76.0 cm³/mol. The first kappa shape index (κ1) is 15.1. The third-order valence-electron chi connectivity index (χ3n) is 3.92. The number of methoxy groups -OCH3 is 2. The Morgan fingerprint density at radius 3 is 2.60 bits per heavy atom. The third-order valence-corrected chi connectivity index (χ3v) is 4.77. The molecular weight excluding hydrogens is 280 g/mol. The summed E-state index contributed by atoms with van der Waals surface area (Å²) >= 11 is 0. The average molecular weight is 300 g/mol. The lowest BCUT2D eigenvalue weighted by Crippen LogP contribution is -2.18. The second kappa shape index (κ2) is 6.01. The number of hydrogen-bond acceptors (Lipinski definition) is 4. The third kappa shape index (κ3) is 3.43. The van der Waals surface area contributed by atoms with Gasteiger partial charge in [-0.15, -0.1) is 0 Å². The van der Waals surface area contributed by atoms with E-state index in [9.17, 15) is 8.42 Å². The van der Waals surface area contributed by atoms with Crippen molar-refractivity contribution < 1.29 is 22.4 Å². The fourth-order valence-electron chi connectivity index (χ4n) is 3.05. The van der Waals surface area contributed by atoms with E-state index in [-0.39, 0.29) is 17.6 Å². The Kier molecular flexibility index (Phi) is 4.55. The molecule has 1 saturated carbocycles. The monoisotopic (exact) mass is 300 g/mol. The molecule has 0 spiro atoms. The molecule has 0 amide bonds. The van der Waals surface area contributed by atoms with E-state index in [0.29, 0.717) is 0 Å². The molecule has 112 valence electrons. The average Bonchev–Trinajstić information content (AvgIpc) is 2.83. The van der Waals surface area contributed by atoms with Gasteiger partial charge in [0, 0.05) is 5.56 Å². The SMILES string of the molecule is COc1ccc(OC)c([C@H]2CCC[C@H]2CS(=O)(=O)O)c1. The largest absolute Gasteiger partial charge is 0.497 e. The first-order valence-electron chi connectivity index (χ1n) is 6.61. The summed E-state index contributed by atoms with van der Waals surface area (Å²) in [5, 5.41) is 0. The van der Waals surface area contributed by atoms with Crippen molar-refractivity contribution in [2.75, 3.05) is 20.0 Å². The van der Waals surface area contributed by atoms with Crippen molar-refractivity contribution in [3.8, 4) is 11.5 Å². The van der Waals surface area contributed by atoms with Gasteiger partial charge >= 0.3 is 0 Å². The van der Waals surface area contributed by atoms with Crippen molar-refractivity contribution in [1.29, 1.82) is 0 Å². The molecule has 1 aliphatic rings. The van der Waals surface area contributed by atoms with E-state index in [1.807, 2.05) is 18.2 Å². The number of ether oxygens (including phenoxy) is 2. The van der Waals surface area contributed by atoms with Crippen molar-refractivity contribution in [1.82, 2.24) is 0 Å². The van der Waals surface area contributed by atoms with Crippen LogP contribution in [0.4, 0.5) is 0 Å². The Labute approximate surface area is 119 Å². The lowest BCUT2D eigenvalue weighted by molar-refractivity contribution is 0.387. The minimum absolute atomic E-state index is 0.0713. The van der Waals surface area contributed by atoms with Crippen molar-refractivity contribution in [2.45, 2.75) is 25.2 Å². The summed E-state index contributed by atoms with van der Waals surface area (Å²) in [6.45, 7) is 0. The van der Waals surface area contributed by atoms with Gasteiger partial charge in [0.2, 0.25) is 0 Å². The lowest BCUT2D eigenvalue weighted by atomic mass is 9.89. The molecule has 1 aliphatic carbocycles. The van der Waals surface area contributed by atoms with E-state index < -0.39 is 10.1 Å². The van der Waals surface area contributed by atoms with Crippen LogP contribution in [0.1, 0.15) is 30.7 Å². The minimum atomic E-state index is -3.96. The number of benzene rings is 1. The van der Waals surface area contributed by atoms with Crippen molar-refractivity contribution in [3.63, 3.8) is 0 Å². The summed E-state index contributed by atoms with van der Waals surface area (Å²) in [6, 6.07) is 5.54. The molecule has 0 saturated heterocycles. The molecule has 0 bridgehead atoms. The van der Waals surface area contributed by atoms with E-state index in [4.69, 9.17) is 14.0 Å². The molecule has 6 heteroatoms. The molecule has 0 unspecified atom stereocenters. The summed E-state index contributed by atoms with van der Waals surface area (Å²) in [5.74, 6) is 1.25. The van der Waals surface area contributed by atoms with Crippen LogP contribution in [0.5, 0.6) is 11.5 Å². The highest BCUT2D eigenvalue weighted by atomic mass is 32.2. The van der Waals surface area contributed by atoms with Gasteiger partial charge in [-0.25, -0.2) is 0 Å². The molecule has 2 rings (SSSR count). The number of rotatable bonds is 5. The molecule has 20 heavy (non-hydrogen) atoms. The van der Waals surface area contributed by atoms with Gasteiger partial charge in [-0.2, -0.15) is 8.42 Å². The fourth-order valence-corrected chi connectivity index (χ4v) is 3.99. The highest BCUT2D eigenvalue weighted by Gasteiger charge is 2.33. The van der Waals surface area contributed by atoms with Gasteiger partial charge in [0.25, 0.3) is 10.1 Å². The maximum absolute atomic E-state index is 11.1. The Morgan fingerprint density at radius 1 is 1.25 bits per heavy atom. The van der Waals surface area contributed by atoms with Gasteiger partial charge in [0.15, 0.2) is 0 Å². The molecule has 0 radical (unpaired) electrons. The highest BCUT2D eigenvalue weighted by molar-refractivity contribution is 7.85. The van der Waals surface area contributed by atoms with Crippen molar-refractivity contribution in [3.05, 3.63) is 23.8 Å². The zero-order valence-electron chi connectivity index (χ0n) is 11.7. The molecule has 0 aliphatic heterocycles. The quantitative estimate of drug-likeness (QED) is 0.846. The first-order chi connectivity index (χ1) is 9.44. The Balaban J connectivity index is 2.33. The van der Waals surface area contributed by atoms with Gasteiger partial charge < -0.3 is 9.47 Å². The first-order valence-corrected chi connectivity index (χ1v) is 8.22. The van der Waals surface area contributed by atoms with Crippen LogP contribution in [0.15, 0.2) is 18.2 Å². The van der Waals surface area contributed by atoms with Crippen molar-refractivity contribution >= 4 is 10.1 Å². The van der Waals surface area contributed by atoms with E-state index in [1.165, 1.54) is 0 Å². The lowest BCUT2D eigenvalue weighted by Gasteiger charge is -2.21. The van der Waals surface area contributed by atoms with Gasteiger partial charge in [-0.3, -0.25) is 4.55 Å². The highest BCUT2D eigenvalue weighted by Crippen LogP contribution is 2.44. The van der Waals surface area contributed by atoms with E-state index in [0.717, 1.165) is 36.3 Å². The van der Waals surface area contributed by atoms with Crippen LogP contribution in [0.25, 0.3) is 0 Å². The second-order valence-corrected chi connectivity index (χ2v) is 6.65. The molecule has 1 fully saturated rings. The van der Waals surface area contributed by atoms with Crippen LogP contribution in [0.2, 0.25) is 0 Å². The van der Waals surface area contributed by atoms with Crippen LogP contribution < -0.4 is 9.47 Å². The summed E-state index contributed by atoms with van der Waals surface area (Å²) in [7, 11) is -0.767. The molecule has 0 heterocycles. The van der Waals surface area contributed by atoms with Crippen molar-refractivity contribution in [2.24, 2.45) is 5.92 Å². The van der Waals surface area contributed by atoms with Crippen LogP contribution in [-0.4, -0.2) is 32.9 Å². The smallest absolute Gasteiger partial charge is 0.265 e. The summed E-state index contributed by atoms with van der Waals surface area (Å²) in [6.07, 6.45) is 2.64. The zero-order chi connectivity index (χ0) is 14.8. The Morgan fingerprint density at radius 2 is 2.00 bits per heavy atom. The molecular formula is C14H20O5S. The topological polar surface area (TPSA) is 72.8 Å². The number of hydrogen-bond donors (Lipinski definition) is 1. The maximum atomic E-state index is 11.1. The maximum Gasteiger partial charge on any atom is 0.265 e. The van der Waals surface area contributed by atoms with Gasteiger partial charge in [0.05, 0.1) is 20.0 Å². The van der Waals surface area contributed by atoms with Crippen LogP contribution in [0, 0.1) is 5.92 Å². The van der Waals surface area contributed by atoms with Crippen LogP contribution >= 0.6 is 0 Å². The van der Waals surface area contributed by atoms with Crippen LogP contribution in [0.3, 0.4) is 0 Å². The Bertz CT molecular complexity index is 567. The van der Waals surface area contributed by atoms with Gasteiger partial charge in [0.1, 0.15) is 11.5 Å². The molecule has 0 aromatic heterocycles. The summed E-state index contributed by atoms with van der Waals surface area (Å²) < 4.78 is 42.0. The van der Waals surface area contributed by atoms with Gasteiger partial charge in [-0.05, 0) is 42.9 Å². The van der Waals surface area contributed by atoms with E-state index in [2.05, 4.69) is 0 Å². The van der Waals surface area contributed by atoms with Gasteiger partial charge in [-0.1, -0.05) is 6.42 Å². The summed E-state index contributed by atoms with van der Waals surface area (Å²) in [5.41, 5.74) is 0.956. The standard InChI is InChI=1S/C14H20O5S/c1-18-11-6-7-14(19-2)13(8-11)12-5-3-4-10(12)9-20(15,16)17/h6-8,10,12H,3-5,9H2,1-2H3,(H,15,16,17)/t10-,12-/m0/s1. The normalized spacial score (nSPS) is 22.8. The molecule has 1 aromatic carbocycles. The Hall–Kier alpha value is -1.27. The van der Waals surface area contributed by atoms with E-state index in [1.54, 1.807) is 14.2 Å². The minimum Gasteiger partial charge on any atom is -0.497 e. The summed E-state index contributed by atoms with van der Waals surface area (Å²) in [4.78, 5) is 0. The predicted octanol–water partition coefficient (Wildman–Crippen LogP) is 2.48. The molecule has 1 aromatic rings.